The predicted molar refractivity (Wildman–Crippen MR) is 61.4 cm³/mol. The van der Waals surface area contributed by atoms with Crippen LogP contribution < -0.4 is 11.1 Å². The van der Waals surface area contributed by atoms with Gasteiger partial charge in [0.15, 0.2) is 0 Å². The number of nitrogens with two attached hydrogens (primary N) is 1. The lowest BCUT2D eigenvalue weighted by Gasteiger charge is -2.27. The molecule has 1 amide bonds. The number of aliphatic hydroxyl groups is 1. The highest BCUT2D eigenvalue weighted by Crippen LogP contribution is 2.13. The third-order valence-corrected chi connectivity index (χ3v) is 2.44. The lowest BCUT2D eigenvalue weighted by atomic mass is 9.92. The Morgan fingerprint density at radius 1 is 1.40 bits per heavy atom. The lowest BCUT2D eigenvalue weighted by Crippen LogP contribution is -2.53. The highest BCUT2D eigenvalue weighted by molar-refractivity contribution is 5.85. The van der Waals surface area contributed by atoms with Crippen LogP contribution >= 0.6 is 0 Å². The fourth-order valence-electron chi connectivity index (χ4n) is 1.21. The molecule has 0 aromatic heterocycles. The first-order valence-electron chi connectivity index (χ1n) is 5.43. The van der Waals surface area contributed by atoms with Gasteiger partial charge in [-0.3, -0.25) is 4.79 Å². The molecule has 4 N–H and O–H groups in total. The molecule has 4 heteroatoms. The minimum atomic E-state index is -0.805. The standard InChI is InChI=1S/C11H24N2O2/c1-5-6-11(4,12)9(15)13-7-10(2,3)8-14/h14H,5-8,12H2,1-4H3,(H,13,15). The summed E-state index contributed by atoms with van der Waals surface area (Å²) in [5.41, 5.74) is 4.77. The summed E-state index contributed by atoms with van der Waals surface area (Å²) in [6, 6.07) is 0. The normalized spacial score (nSPS) is 15.9. The van der Waals surface area contributed by atoms with Crippen molar-refractivity contribution in [1.29, 1.82) is 0 Å². The van der Waals surface area contributed by atoms with E-state index in [-0.39, 0.29) is 17.9 Å². The van der Waals surface area contributed by atoms with E-state index in [9.17, 15) is 4.79 Å². The van der Waals surface area contributed by atoms with Crippen LogP contribution in [0.2, 0.25) is 0 Å². The molecule has 1 atom stereocenters. The monoisotopic (exact) mass is 216 g/mol. The van der Waals surface area contributed by atoms with Crippen LogP contribution in [0.5, 0.6) is 0 Å². The van der Waals surface area contributed by atoms with Gasteiger partial charge in [-0.25, -0.2) is 0 Å². The van der Waals surface area contributed by atoms with Gasteiger partial charge in [0.05, 0.1) is 5.54 Å². The number of nitrogens with one attached hydrogen (secondary N) is 1. The van der Waals surface area contributed by atoms with Crippen molar-refractivity contribution in [2.45, 2.75) is 46.1 Å². The Morgan fingerprint density at radius 3 is 2.33 bits per heavy atom. The molecular formula is C11H24N2O2. The summed E-state index contributed by atoms with van der Waals surface area (Å²) in [7, 11) is 0. The van der Waals surface area contributed by atoms with Crippen molar-refractivity contribution in [2.24, 2.45) is 11.1 Å². The quantitative estimate of drug-likeness (QED) is 0.610. The van der Waals surface area contributed by atoms with Crippen molar-refractivity contribution in [3.8, 4) is 0 Å². The van der Waals surface area contributed by atoms with E-state index in [1.165, 1.54) is 0 Å². The molecule has 0 spiro atoms. The van der Waals surface area contributed by atoms with E-state index in [1.54, 1.807) is 6.92 Å². The average molecular weight is 216 g/mol. The molecule has 0 radical (unpaired) electrons. The summed E-state index contributed by atoms with van der Waals surface area (Å²) in [5, 5.41) is 11.8. The first-order chi connectivity index (χ1) is 6.75. The summed E-state index contributed by atoms with van der Waals surface area (Å²) in [6.45, 7) is 8.00. The summed E-state index contributed by atoms with van der Waals surface area (Å²) in [5.74, 6) is -0.147. The van der Waals surface area contributed by atoms with E-state index >= 15 is 0 Å². The number of carbonyl (C=O) groups excluding carboxylic acids is 1. The molecule has 0 aliphatic carbocycles. The number of hydrogen-bond acceptors (Lipinski definition) is 3. The second-order valence-corrected chi connectivity index (χ2v) is 5.17. The van der Waals surface area contributed by atoms with Crippen molar-refractivity contribution >= 4 is 5.91 Å². The van der Waals surface area contributed by atoms with E-state index < -0.39 is 5.54 Å². The molecule has 15 heavy (non-hydrogen) atoms. The molecular weight excluding hydrogens is 192 g/mol. The van der Waals surface area contributed by atoms with Gasteiger partial charge in [0.1, 0.15) is 0 Å². The molecule has 0 aliphatic rings. The first kappa shape index (κ1) is 14.4. The highest BCUT2D eigenvalue weighted by Gasteiger charge is 2.28. The molecule has 0 saturated carbocycles. The smallest absolute Gasteiger partial charge is 0.239 e. The van der Waals surface area contributed by atoms with Crippen LogP contribution in [-0.2, 0) is 4.79 Å². The van der Waals surface area contributed by atoms with Crippen LogP contribution in [-0.4, -0.2) is 29.7 Å². The molecule has 0 saturated heterocycles. The van der Waals surface area contributed by atoms with Crippen LogP contribution in [0.3, 0.4) is 0 Å². The maximum absolute atomic E-state index is 11.7. The van der Waals surface area contributed by atoms with Crippen molar-refractivity contribution in [2.75, 3.05) is 13.2 Å². The molecule has 0 aromatic rings. The summed E-state index contributed by atoms with van der Waals surface area (Å²) in [6.07, 6.45) is 1.54. The molecule has 4 nitrogen and oxygen atoms in total. The Balaban J connectivity index is 4.14. The Kier molecular flexibility index (Phi) is 5.24. The molecule has 0 heterocycles. The zero-order valence-corrected chi connectivity index (χ0v) is 10.3. The van der Waals surface area contributed by atoms with Gasteiger partial charge in [-0.2, -0.15) is 0 Å². The molecule has 0 bridgehead atoms. The molecule has 0 aromatic carbocycles. The number of carbonyl (C=O) groups is 1. The minimum absolute atomic E-state index is 0.0440. The van der Waals surface area contributed by atoms with Gasteiger partial charge in [0.25, 0.3) is 0 Å². The van der Waals surface area contributed by atoms with E-state index in [4.69, 9.17) is 10.8 Å². The van der Waals surface area contributed by atoms with Crippen molar-refractivity contribution in [1.82, 2.24) is 5.32 Å². The van der Waals surface area contributed by atoms with E-state index in [0.717, 1.165) is 6.42 Å². The maximum Gasteiger partial charge on any atom is 0.239 e. The number of hydrogen-bond donors (Lipinski definition) is 3. The zero-order chi connectivity index (χ0) is 12.1. The number of aliphatic hydroxyl groups excluding tert-OH is 1. The van der Waals surface area contributed by atoms with Gasteiger partial charge in [-0.15, -0.1) is 0 Å². The molecule has 90 valence electrons. The Bertz CT molecular complexity index is 213. The van der Waals surface area contributed by atoms with Gasteiger partial charge >= 0.3 is 0 Å². The fraction of sp³-hybridized carbons (Fsp3) is 0.909. The second kappa shape index (κ2) is 5.47. The number of amides is 1. The topological polar surface area (TPSA) is 75.4 Å². The van der Waals surface area contributed by atoms with Crippen molar-refractivity contribution < 1.29 is 9.90 Å². The molecule has 0 fully saturated rings. The van der Waals surface area contributed by atoms with Gasteiger partial charge < -0.3 is 16.2 Å². The first-order valence-corrected chi connectivity index (χ1v) is 5.43. The van der Waals surface area contributed by atoms with E-state index in [2.05, 4.69) is 5.32 Å². The summed E-state index contributed by atoms with van der Waals surface area (Å²) < 4.78 is 0. The van der Waals surface area contributed by atoms with Gasteiger partial charge in [0.2, 0.25) is 5.91 Å². The van der Waals surface area contributed by atoms with E-state index in [1.807, 2.05) is 20.8 Å². The van der Waals surface area contributed by atoms with E-state index in [0.29, 0.717) is 13.0 Å². The fourth-order valence-corrected chi connectivity index (χ4v) is 1.21. The van der Waals surface area contributed by atoms with Crippen LogP contribution in [0.1, 0.15) is 40.5 Å². The third kappa shape index (κ3) is 5.14. The average Bonchev–Trinajstić information content (AvgIpc) is 2.14. The van der Waals surface area contributed by atoms with Crippen LogP contribution in [0.15, 0.2) is 0 Å². The predicted octanol–water partition coefficient (Wildman–Crippen LogP) is 0.639. The highest BCUT2D eigenvalue weighted by atomic mass is 16.3. The van der Waals surface area contributed by atoms with Gasteiger partial charge in [-0.1, -0.05) is 27.2 Å². The van der Waals surface area contributed by atoms with Crippen molar-refractivity contribution in [3.05, 3.63) is 0 Å². The largest absolute Gasteiger partial charge is 0.396 e. The molecule has 1 unspecified atom stereocenters. The van der Waals surface area contributed by atoms with Gasteiger partial charge in [0, 0.05) is 18.6 Å². The van der Waals surface area contributed by atoms with Crippen LogP contribution in [0.25, 0.3) is 0 Å². The Labute approximate surface area is 92.2 Å². The minimum Gasteiger partial charge on any atom is -0.396 e. The third-order valence-electron chi connectivity index (χ3n) is 2.44. The molecule has 0 rings (SSSR count). The lowest BCUT2D eigenvalue weighted by molar-refractivity contribution is -0.126. The van der Waals surface area contributed by atoms with Gasteiger partial charge in [-0.05, 0) is 13.3 Å². The van der Waals surface area contributed by atoms with Crippen LogP contribution in [0.4, 0.5) is 0 Å². The SMILES string of the molecule is CCCC(C)(N)C(=O)NCC(C)(C)CO. The van der Waals surface area contributed by atoms with Crippen LogP contribution in [0, 0.1) is 5.41 Å². The maximum atomic E-state index is 11.7. The summed E-state index contributed by atoms with van der Waals surface area (Å²) >= 11 is 0. The summed E-state index contributed by atoms with van der Waals surface area (Å²) in [4.78, 5) is 11.7. The zero-order valence-electron chi connectivity index (χ0n) is 10.3. The second-order valence-electron chi connectivity index (χ2n) is 5.17. The Hall–Kier alpha value is -0.610. The molecule has 0 aliphatic heterocycles. The Morgan fingerprint density at radius 2 is 1.93 bits per heavy atom. The number of rotatable bonds is 6. The van der Waals surface area contributed by atoms with Crippen molar-refractivity contribution in [3.63, 3.8) is 0 Å².